The van der Waals surface area contributed by atoms with Crippen LogP contribution in [0.2, 0.25) is 0 Å². The fraction of sp³-hybridized carbons (Fsp3) is 0.778. The summed E-state index contributed by atoms with van der Waals surface area (Å²) in [6, 6.07) is 0. The normalized spacial score (nSPS) is 10.1. The standard InChI is InChI=1S/C9H17NO4/c1-7(2)5-8(11)10(3)6-9(12)14-13-4/h7H,5-6H2,1-4H3. The molecule has 0 aromatic rings. The molecule has 5 heteroatoms. The first-order valence-corrected chi connectivity index (χ1v) is 4.44. The van der Waals surface area contributed by atoms with Gasteiger partial charge in [-0.25, -0.2) is 4.79 Å². The molecule has 0 aliphatic rings. The molecule has 0 fully saturated rings. The lowest BCUT2D eigenvalue weighted by atomic mass is 10.1. The maximum absolute atomic E-state index is 11.4. The first-order valence-electron chi connectivity index (χ1n) is 4.44. The summed E-state index contributed by atoms with van der Waals surface area (Å²) in [6.07, 6.45) is 0.427. The van der Waals surface area contributed by atoms with E-state index in [2.05, 4.69) is 9.78 Å². The molecule has 0 rings (SSSR count). The summed E-state index contributed by atoms with van der Waals surface area (Å²) < 4.78 is 0. The zero-order valence-electron chi connectivity index (χ0n) is 9.07. The lowest BCUT2D eigenvalue weighted by molar-refractivity contribution is -0.255. The van der Waals surface area contributed by atoms with Gasteiger partial charge in [-0.15, -0.1) is 0 Å². The van der Waals surface area contributed by atoms with Crippen LogP contribution >= 0.6 is 0 Å². The van der Waals surface area contributed by atoms with Gasteiger partial charge in [0.2, 0.25) is 5.91 Å². The van der Waals surface area contributed by atoms with Gasteiger partial charge in [-0.1, -0.05) is 13.8 Å². The number of hydrogen-bond acceptors (Lipinski definition) is 4. The summed E-state index contributed by atoms with van der Waals surface area (Å²) in [5.41, 5.74) is 0. The Morgan fingerprint density at radius 3 is 2.36 bits per heavy atom. The van der Waals surface area contributed by atoms with Gasteiger partial charge in [0.25, 0.3) is 0 Å². The molecular weight excluding hydrogens is 186 g/mol. The number of carbonyl (C=O) groups is 2. The summed E-state index contributed by atoms with van der Waals surface area (Å²) in [4.78, 5) is 32.0. The van der Waals surface area contributed by atoms with Crippen LogP contribution in [0.15, 0.2) is 0 Å². The molecule has 0 saturated heterocycles. The molecule has 0 unspecified atom stereocenters. The summed E-state index contributed by atoms with van der Waals surface area (Å²) in [5, 5.41) is 0. The molecule has 14 heavy (non-hydrogen) atoms. The van der Waals surface area contributed by atoms with Gasteiger partial charge in [-0.05, 0) is 5.92 Å². The zero-order chi connectivity index (χ0) is 11.1. The number of nitrogens with zero attached hydrogens (tertiary/aromatic N) is 1. The molecule has 1 amide bonds. The fourth-order valence-electron chi connectivity index (χ4n) is 0.906. The highest BCUT2D eigenvalue weighted by molar-refractivity contribution is 5.81. The molecule has 0 bridgehead atoms. The van der Waals surface area contributed by atoms with Crippen molar-refractivity contribution >= 4 is 11.9 Å². The molecule has 0 N–H and O–H groups in total. The van der Waals surface area contributed by atoms with Crippen molar-refractivity contribution in [1.29, 1.82) is 0 Å². The summed E-state index contributed by atoms with van der Waals surface area (Å²) in [7, 11) is 2.80. The van der Waals surface area contributed by atoms with Crippen LogP contribution in [0.25, 0.3) is 0 Å². The minimum atomic E-state index is -0.577. The van der Waals surface area contributed by atoms with E-state index in [0.717, 1.165) is 0 Å². The third-order valence-electron chi connectivity index (χ3n) is 1.55. The smallest absolute Gasteiger partial charge is 0.335 e. The van der Waals surface area contributed by atoms with E-state index in [0.29, 0.717) is 6.42 Å². The molecule has 0 heterocycles. The monoisotopic (exact) mass is 203 g/mol. The Bertz CT molecular complexity index is 203. The largest absolute Gasteiger partial charge is 0.361 e. The van der Waals surface area contributed by atoms with Crippen molar-refractivity contribution in [2.24, 2.45) is 5.92 Å². The van der Waals surface area contributed by atoms with Crippen LogP contribution in [0, 0.1) is 5.92 Å². The highest BCUT2D eigenvalue weighted by Crippen LogP contribution is 2.02. The maximum atomic E-state index is 11.4. The minimum absolute atomic E-state index is 0.0759. The minimum Gasteiger partial charge on any atom is -0.335 e. The third-order valence-corrected chi connectivity index (χ3v) is 1.55. The van der Waals surface area contributed by atoms with Gasteiger partial charge in [0.05, 0.1) is 7.11 Å². The molecule has 0 spiro atoms. The molecule has 0 atom stereocenters. The molecule has 0 aliphatic carbocycles. The van der Waals surface area contributed by atoms with E-state index in [9.17, 15) is 9.59 Å². The maximum Gasteiger partial charge on any atom is 0.361 e. The van der Waals surface area contributed by atoms with E-state index in [4.69, 9.17) is 0 Å². The average Bonchev–Trinajstić information content (AvgIpc) is 2.02. The van der Waals surface area contributed by atoms with Crippen LogP contribution in [-0.4, -0.2) is 37.5 Å². The van der Waals surface area contributed by atoms with E-state index in [1.165, 1.54) is 12.0 Å². The molecule has 0 aliphatic heterocycles. The van der Waals surface area contributed by atoms with Crippen LogP contribution in [0.5, 0.6) is 0 Å². The van der Waals surface area contributed by atoms with Crippen LogP contribution in [-0.2, 0) is 19.4 Å². The predicted molar refractivity (Wildman–Crippen MR) is 50.2 cm³/mol. The Morgan fingerprint density at radius 2 is 1.93 bits per heavy atom. The van der Waals surface area contributed by atoms with Gasteiger partial charge < -0.3 is 4.90 Å². The highest BCUT2D eigenvalue weighted by atomic mass is 17.2. The average molecular weight is 203 g/mol. The van der Waals surface area contributed by atoms with Crippen molar-refractivity contribution in [3.05, 3.63) is 0 Å². The van der Waals surface area contributed by atoms with Gasteiger partial charge >= 0.3 is 5.97 Å². The van der Waals surface area contributed by atoms with Crippen molar-refractivity contribution in [2.75, 3.05) is 20.7 Å². The number of amides is 1. The SMILES string of the molecule is COOC(=O)CN(C)C(=O)CC(C)C. The first-order chi connectivity index (χ1) is 6.47. The molecule has 82 valence electrons. The highest BCUT2D eigenvalue weighted by Gasteiger charge is 2.15. The van der Waals surface area contributed by atoms with E-state index >= 15 is 0 Å². The van der Waals surface area contributed by atoms with Crippen molar-refractivity contribution in [2.45, 2.75) is 20.3 Å². The Hall–Kier alpha value is -1.10. The number of hydrogen-bond donors (Lipinski definition) is 0. The summed E-state index contributed by atoms with van der Waals surface area (Å²) in [6.45, 7) is 3.80. The molecule has 0 aromatic carbocycles. The Morgan fingerprint density at radius 1 is 1.36 bits per heavy atom. The Kier molecular flexibility index (Phi) is 5.87. The van der Waals surface area contributed by atoms with Crippen LogP contribution in [0.3, 0.4) is 0 Å². The quantitative estimate of drug-likeness (QED) is 0.485. The van der Waals surface area contributed by atoms with Crippen LogP contribution in [0.1, 0.15) is 20.3 Å². The van der Waals surface area contributed by atoms with Crippen molar-refractivity contribution in [3.63, 3.8) is 0 Å². The number of likely N-dealkylation sites (N-methyl/N-ethyl adjacent to an activating group) is 1. The summed E-state index contributed by atoms with van der Waals surface area (Å²) in [5.74, 6) is -0.372. The lowest BCUT2D eigenvalue weighted by Crippen LogP contribution is -2.33. The van der Waals surface area contributed by atoms with Crippen LogP contribution in [0.4, 0.5) is 0 Å². The lowest BCUT2D eigenvalue weighted by Gasteiger charge is -2.16. The van der Waals surface area contributed by atoms with Crippen molar-refractivity contribution in [3.8, 4) is 0 Å². The van der Waals surface area contributed by atoms with E-state index in [1.54, 1.807) is 7.05 Å². The van der Waals surface area contributed by atoms with Gasteiger partial charge in [0, 0.05) is 13.5 Å². The first kappa shape index (κ1) is 12.9. The Balaban J connectivity index is 3.88. The van der Waals surface area contributed by atoms with Crippen molar-refractivity contribution in [1.82, 2.24) is 4.90 Å². The second-order valence-corrected chi connectivity index (χ2v) is 3.47. The molecule has 0 saturated carbocycles. The van der Waals surface area contributed by atoms with E-state index in [1.807, 2.05) is 13.8 Å². The number of rotatable bonds is 5. The van der Waals surface area contributed by atoms with Crippen molar-refractivity contribution < 1.29 is 19.4 Å². The predicted octanol–water partition coefficient (Wildman–Crippen LogP) is 0.595. The molecule has 5 nitrogen and oxygen atoms in total. The van der Waals surface area contributed by atoms with Gasteiger partial charge in [-0.3, -0.25) is 9.68 Å². The fourth-order valence-corrected chi connectivity index (χ4v) is 0.906. The third kappa shape index (κ3) is 5.53. The van der Waals surface area contributed by atoms with Gasteiger partial charge in [0.1, 0.15) is 6.54 Å². The van der Waals surface area contributed by atoms with Crippen LogP contribution < -0.4 is 0 Å². The van der Waals surface area contributed by atoms with Gasteiger partial charge in [0.15, 0.2) is 0 Å². The topological polar surface area (TPSA) is 55.8 Å². The molecule has 0 aromatic heterocycles. The summed E-state index contributed by atoms with van der Waals surface area (Å²) >= 11 is 0. The van der Waals surface area contributed by atoms with E-state index < -0.39 is 5.97 Å². The number of carbonyl (C=O) groups excluding carboxylic acids is 2. The zero-order valence-corrected chi connectivity index (χ0v) is 9.07. The van der Waals surface area contributed by atoms with Gasteiger partial charge in [-0.2, -0.15) is 4.89 Å². The second-order valence-electron chi connectivity index (χ2n) is 3.47. The second kappa shape index (κ2) is 6.37. The Labute approximate surface area is 83.9 Å². The van der Waals surface area contributed by atoms with E-state index in [-0.39, 0.29) is 18.4 Å². The molecular formula is C9H17NO4. The molecule has 0 radical (unpaired) electrons.